The SMILES string of the molecule is C1CNCC2(C1)CCCN(C1CCSCC1)C2. The van der Waals surface area contributed by atoms with Gasteiger partial charge in [-0.1, -0.05) is 0 Å². The lowest BCUT2D eigenvalue weighted by Gasteiger charge is -2.48. The molecule has 3 aliphatic heterocycles. The molecule has 3 heterocycles. The van der Waals surface area contributed by atoms with Gasteiger partial charge >= 0.3 is 0 Å². The molecule has 0 aromatic carbocycles. The van der Waals surface area contributed by atoms with Gasteiger partial charge in [0, 0.05) is 19.1 Å². The van der Waals surface area contributed by atoms with Crippen LogP contribution in [0.5, 0.6) is 0 Å². The van der Waals surface area contributed by atoms with Crippen LogP contribution in [0.3, 0.4) is 0 Å². The van der Waals surface area contributed by atoms with Gasteiger partial charge in [0.2, 0.25) is 0 Å². The zero-order valence-corrected chi connectivity index (χ0v) is 11.7. The number of likely N-dealkylation sites (tertiary alicyclic amines) is 1. The molecular weight excluding hydrogens is 228 g/mol. The number of piperidine rings is 2. The van der Waals surface area contributed by atoms with Gasteiger partial charge in [0.15, 0.2) is 0 Å². The highest BCUT2D eigenvalue weighted by Gasteiger charge is 2.38. The molecule has 2 nitrogen and oxygen atoms in total. The van der Waals surface area contributed by atoms with Crippen LogP contribution in [0.15, 0.2) is 0 Å². The molecule has 3 saturated heterocycles. The molecular formula is C14H26N2S. The van der Waals surface area contributed by atoms with Crippen LogP contribution >= 0.6 is 11.8 Å². The molecule has 0 radical (unpaired) electrons. The van der Waals surface area contributed by atoms with E-state index in [2.05, 4.69) is 22.0 Å². The van der Waals surface area contributed by atoms with E-state index in [1.54, 1.807) is 0 Å². The Morgan fingerprint density at radius 2 is 1.94 bits per heavy atom. The van der Waals surface area contributed by atoms with Crippen LogP contribution in [0.1, 0.15) is 38.5 Å². The smallest absolute Gasteiger partial charge is 0.0111 e. The molecule has 1 atom stereocenters. The van der Waals surface area contributed by atoms with Crippen LogP contribution in [0.2, 0.25) is 0 Å². The van der Waals surface area contributed by atoms with Crippen molar-refractivity contribution in [1.29, 1.82) is 0 Å². The summed E-state index contributed by atoms with van der Waals surface area (Å²) in [6, 6.07) is 0.912. The first-order valence-corrected chi connectivity index (χ1v) is 8.56. The van der Waals surface area contributed by atoms with E-state index in [0.29, 0.717) is 5.41 Å². The summed E-state index contributed by atoms with van der Waals surface area (Å²) in [6.45, 7) is 5.29. The van der Waals surface area contributed by atoms with Crippen molar-refractivity contribution in [3.63, 3.8) is 0 Å². The molecule has 1 unspecified atom stereocenters. The molecule has 0 saturated carbocycles. The standard InChI is InChI=1S/C14H26N2S/c1-5-14(11-15-7-1)6-2-8-16(12-14)13-3-9-17-10-4-13/h13,15H,1-12H2. The lowest BCUT2D eigenvalue weighted by molar-refractivity contribution is 0.0349. The predicted molar refractivity (Wildman–Crippen MR) is 75.7 cm³/mol. The van der Waals surface area contributed by atoms with Crippen molar-refractivity contribution < 1.29 is 0 Å². The third-order valence-electron chi connectivity index (χ3n) is 4.96. The maximum atomic E-state index is 3.64. The minimum absolute atomic E-state index is 0.640. The first kappa shape index (κ1) is 12.3. The van der Waals surface area contributed by atoms with Gasteiger partial charge in [0.1, 0.15) is 0 Å². The molecule has 1 spiro atoms. The predicted octanol–water partition coefficient (Wildman–Crippen LogP) is 2.35. The number of hydrogen-bond donors (Lipinski definition) is 1. The summed E-state index contributed by atoms with van der Waals surface area (Å²) in [5, 5.41) is 3.64. The number of hydrogen-bond acceptors (Lipinski definition) is 3. The van der Waals surface area contributed by atoms with Crippen LogP contribution < -0.4 is 5.32 Å². The van der Waals surface area contributed by atoms with E-state index in [4.69, 9.17) is 0 Å². The summed E-state index contributed by atoms with van der Waals surface area (Å²) in [5.41, 5.74) is 0.640. The lowest BCUT2D eigenvalue weighted by atomic mass is 9.74. The van der Waals surface area contributed by atoms with Crippen molar-refractivity contribution in [3.05, 3.63) is 0 Å². The summed E-state index contributed by atoms with van der Waals surface area (Å²) in [4.78, 5) is 2.84. The third-order valence-corrected chi connectivity index (χ3v) is 6.01. The van der Waals surface area contributed by atoms with Gasteiger partial charge in [-0.2, -0.15) is 11.8 Å². The van der Waals surface area contributed by atoms with E-state index in [1.807, 2.05) is 0 Å². The molecule has 17 heavy (non-hydrogen) atoms. The van der Waals surface area contributed by atoms with Crippen molar-refractivity contribution in [3.8, 4) is 0 Å². The van der Waals surface area contributed by atoms with E-state index in [1.165, 1.54) is 76.2 Å². The topological polar surface area (TPSA) is 15.3 Å². The van der Waals surface area contributed by atoms with Crippen molar-refractivity contribution in [1.82, 2.24) is 10.2 Å². The van der Waals surface area contributed by atoms with Gasteiger partial charge in [0.25, 0.3) is 0 Å². The second-order valence-corrected chi connectivity index (χ2v) is 7.42. The molecule has 1 N–H and O–H groups in total. The zero-order chi connectivity index (χ0) is 11.6. The summed E-state index contributed by atoms with van der Waals surface area (Å²) in [5.74, 6) is 2.79. The molecule has 3 aliphatic rings. The summed E-state index contributed by atoms with van der Waals surface area (Å²) in [7, 11) is 0. The first-order chi connectivity index (χ1) is 8.38. The molecule has 0 bridgehead atoms. The molecule has 98 valence electrons. The van der Waals surface area contributed by atoms with Crippen molar-refractivity contribution >= 4 is 11.8 Å². The Hall–Kier alpha value is 0.270. The average molecular weight is 254 g/mol. The molecule has 0 aromatic rings. The second-order valence-electron chi connectivity index (χ2n) is 6.20. The van der Waals surface area contributed by atoms with Gasteiger partial charge in [-0.05, 0) is 68.5 Å². The van der Waals surface area contributed by atoms with Gasteiger partial charge in [-0.15, -0.1) is 0 Å². The van der Waals surface area contributed by atoms with E-state index >= 15 is 0 Å². The molecule has 0 aromatic heterocycles. The van der Waals surface area contributed by atoms with Gasteiger partial charge in [0.05, 0.1) is 0 Å². The Kier molecular flexibility index (Phi) is 3.98. The normalized spacial score (nSPS) is 37.4. The number of thioether (sulfide) groups is 1. The van der Waals surface area contributed by atoms with Crippen molar-refractivity contribution in [2.24, 2.45) is 5.41 Å². The molecule has 0 amide bonds. The highest BCUT2D eigenvalue weighted by molar-refractivity contribution is 7.99. The number of nitrogens with one attached hydrogen (secondary N) is 1. The first-order valence-electron chi connectivity index (χ1n) is 7.41. The molecule has 3 heteroatoms. The summed E-state index contributed by atoms with van der Waals surface area (Å²) in [6.07, 6.45) is 8.65. The average Bonchev–Trinajstić information content (AvgIpc) is 2.41. The minimum Gasteiger partial charge on any atom is -0.316 e. The van der Waals surface area contributed by atoms with E-state index in [0.717, 1.165) is 6.04 Å². The number of nitrogens with zero attached hydrogens (tertiary/aromatic N) is 1. The fourth-order valence-electron chi connectivity index (χ4n) is 3.99. The lowest BCUT2D eigenvalue weighted by Crippen LogP contribution is -2.54. The monoisotopic (exact) mass is 254 g/mol. The largest absolute Gasteiger partial charge is 0.316 e. The van der Waals surface area contributed by atoms with Crippen LogP contribution in [0, 0.1) is 5.41 Å². The van der Waals surface area contributed by atoms with Gasteiger partial charge in [-0.3, -0.25) is 4.90 Å². The maximum Gasteiger partial charge on any atom is 0.0111 e. The Labute approximate surface area is 110 Å². The zero-order valence-electron chi connectivity index (χ0n) is 10.9. The van der Waals surface area contributed by atoms with Crippen molar-refractivity contribution in [2.45, 2.75) is 44.6 Å². The Morgan fingerprint density at radius 1 is 1.12 bits per heavy atom. The Bertz CT molecular complexity index is 239. The van der Waals surface area contributed by atoms with E-state index in [-0.39, 0.29) is 0 Å². The fourth-order valence-corrected chi connectivity index (χ4v) is 5.07. The highest BCUT2D eigenvalue weighted by atomic mass is 32.2. The van der Waals surface area contributed by atoms with Crippen LogP contribution in [-0.4, -0.2) is 48.6 Å². The van der Waals surface area contributed by atoms with E-state index in [9.17, 15) is 0 Å². The Morgan fingerprint density at radius 3 is 2.71 bits per heavy atom. The van der Waals surface area contributed by atoms with Crippen molar-refractivity contribution in [2.75, 3.05) is 37.7 Å². The van der Waals surface area contributed by atoms with Crippen LogP contribution in [0.4, 0.5) is 0 Å². The molecule has 0 aliphatic carbocycles. The maximum absolute atomic E-state index is 3.64. The summed E-state index contributed by atoms with van der Waals surface area (Å²) < 4.78 is 0. The fraction of sp³-hybridized carbons (Fsp3) is 1.00. The molecule has 3 rings (SSSR count). The van der Waals surface area contributed by atoms with Gasteiger partial charge < -0.3 is 5.32 Å². The minimum atomic E-state index is 0.640. The quantitative estimate of drug-likeness (QED) is 0.773. The molecule has 3 fully saturated rings. The van der Waals surface area contributed by atoms with Gasteiger partial charge in [-0.25, -0.2) is 0 Å². The van der Waals surface area contributed by atoms with E-state index < -0.39 is 0 Å². The summed E-state index contributed by atoms with van der Waals surface area (Å²) >= 11 is 2.15. The van der Waals surface area contributed by atoms with Crippen LogP contribution in [-0.2, 0) is 0 Å². The Balaban J connectivity index is 1.61. The second kappa shape index (κ2) is 5.50. The highest BCUT2D eigenvalue weighted by Crippen LogP contribution is 2.38. The third kappa shape index (κ3) is 2.82. The van der Waals surface area contributed by atoms with Crippen LogP contribution in [0.25, 0.3) is 0 Å². The number of rotatable bonds is 1.